The van der Waals surface area contributed by atoms with E-state index < -0.39 is 0 Å². The molecule has 3 amide bonds. The Morgan fingerprint density at radius 2 is 1.79 bits per heavy atom. The van der Waals surface area contributed by atoms with Gasteiger partial charge in [-0.2, -0.15) is 0 Å². The van der Waals surface area contributed by atoms with Crippen molar-refractivity contribution >= 4 is 42.4 Å². The zero-order valence-corrected chi connectivity index (χ0v) is 17.7. The average molecular weight is 440 g/mol. The highest BCUT2D eigenvalue weighted by atomic mass is 35.5. The van der Waals surface area contributed by atoms with Crippen LogP contribution in [0.2, 0.25) is 0 Å². The lowest BCUT2D eigenvalue weighted by Crippen LogP contribution is -2.31. The number of pyridine rings is 1. The largest absolute Gasteiger partial charge is 0.352 e. The fraction of sp³-hybridized carbons (Fsp3) is 0.350. The lowest BCUT2D eigenvalue weighted by atomic mass is 10.1. The lowest BCUT2D eigenvalue weighted by molar-refractivity contribution is -0.121. The van der Waals surface area contributed by atoms with Crippen LogP contribution in [0.15, 0.2) is 48.8 Å². The molecule has 9 heteroatoms. The van der Waals surface area contributed by atoms with E-state index in [0.717, 1.165) is 30.5 Å². The molecule has 4 N–H and O–H groups in total. The van der Waals surface area contributed by atoms with Gasteiger partial charge in [0.05, 0.1) is 0 Å². The van der Waals surface area contributed by atoms with Crippen molar-refractivity contribution in [2.24, 2.45) is 0 Å². The second-order valence-electron chi connectivity index (χ2n) is 6.64. The quantitative estimate of drug-likeness (QED) is 0.533. The van der Waals surface area contributed by atoms with Gasteiger partial charge in [0, 0.05) is 43.6 Å². The summed E-state index contributed by atoms with van der Waals surface area (Å²) < 4.78 is 0. The maximum Gasteiger partial charge on any atom is 0.319 e. The molecule has 0 radical (unpaired) electrons. The van der Waals surface area contributed by atoms with Gasteiger partial charge in [-0.1, -0.05) is 12.1 Å². The van der Waals surface area contributed by atoms with Crippen molar-refractivity contribution in [2.45, 2.75) is 38.4 Å². The molecule has 1 fully saturated rings. The van der Waals surface area contributed by atoms with Crippen LogP contribution in [0.25, 0.3) is 0 Å². The minimum atomic E-state index is -0.277. The number of aromatic nitrogens is 1. The van der Waals surface area contributed by atoms with Crippen LogP contribution < -0.4 is 21.3 Å². The molecule has 1 saturated heterocycles. The van der Waals surface area contributed by atoms with Gasteiger partial charge < -0.3 is 21.3 Å². The molecule has 0 bridgehead atoms. The number of halogens is 2. The number of anilines is 1. The Morgan fingerprint density at radius 3 is 2.52 bits per heavy atom. The van der Waals surface area contributed by atoms with E-state index in [1.165, 1.54) is 0 Å². The van der Waals surface area contributed by atoms with E-state index >= 15 is 0 Å². The van der Waals surface area contributed by atoms with Crippen molar-refractivity contribution in [1.82, 2.24) is 20.9 Å². The van der Waals surface area contributed by atoms with E-state index in [0.29, 0.717) is 31.2 Å². The molecular formula is C20H27Cl2N5O2. The van der Waals surface area contributed by atoms with Gasteiger partial charge in [0.1, 0.15) is 0 Å². The number of amides is 3. The summed E-state index contributed by atoms with van der Waals surface area (Å²) in [6, 6.07) is 11.2. The van der Waals surface area contributed by atoms with Gasteiger partial charge in [0.2, 0.25) is 5.91 Å². The standard InChI is InChI=1S/C20H25N5O2.2ClH/c26-19(12-17-5-2-8-22-17)23-14-16-3-1-4-18(11-16)25-20(27)24-13-15-6-9-21-10-7-15;;/h1,3-4,6-7,9-11,17,22H,2,5,8,12-14H2,(H,23,26)(H2,24,25,27);2*1H. The molecule has 1 aromatic carbocycles. The molecule has 2 heterocycles. The molecule has 7 nitrogen and oxygen atoms in total. The summed E-state index contributed by atoms with van der Waals surface area (Å²) in [5.74, 6) is 0.0443. The number of hydrogen-bond donors (Lipinski definition) is 4. The van der Waals surface area contributed by atoms with E-state index in [2.05, 4.69) is 26.3 Å². The minimum Gasteiger partial charge on any atom is -0.352 e. The van der Waals surface area contributed by atoms with Crippen molar-refractivity contribution in [3.05, 3.63) is 59.9 Å². The third-order valence-electron chi connectivity index (χ3n) is 4.47. The number of nitrogens with zero attached hydrogens (tertiary/aromatic N) is 1. The Bertz CT molecular complexity index is 770. The normalized spacial score (nSPS) is 14.8. The second kappa shape index (κ2) is 13.0. The molecule has 0 spiro atoms. The summed E-state index contributed by atoms with van der Waals surface area (Å²) >= 11 is 0. The Hall–Kier alpha value is -2.35. The Morgan fingerprint density at radius 1 is 1.03 bits per heavy atom. The molecular weight excluding hydrogens is 413 g/mol. The van der Waals surface area contributed by atoms with E-state index in [4.69, 9.17) is 0 Å². The zero-order chi connectivity index (χ0) is 18.9. The fourth-order valence-corrected chi connectivity index (χ4v) is 3.04. The highest BCUT2D eigenvalue weighted by Gasteiger charge is 2.17. The highest BCUT2D eigenvalue weighted by molar-refractivity contribution is 5.89. The number of carbonyl (C=O) groups excluding carboxylic acids is 2. The average Bonchev–Trinajstić information content (AvgIpc) is 3.19. The third-order valence-corrected chi connectivity index (χ3v) is 4.47. The summed E-state index contributed by atoms with van der Waals surface area (Å²) in [6.45, 7) is 1.87. The van der Waals surface area contributed by atoms with E-state index in [1.54, 1.807) is 12.4 Å². The monoisotopic (exact) mass is 439 g/mol. The Balaban J connectivity index is 0.00000210. The third kappa shape index (κ3) is 8.68. The molecule has 1 aliphatic heterocycles. The van der Waals surface area contributed by atoms with Gasteiger partial charge in [-0.25, -0.2) is 4.79 Å². The maximum absolute atomic E-state index is 12.0. The summed E-state index contributed by atoms with van der Waals surface area (Å²) in [4.78, 5) is 28.0. The first kappa shape index (κ1) is 24.7. The van der Waals surface area contributed by atoms with Gasteiger partial charge in [0.25, 0.3) is 0 Å². The molecule has 29 heavy (non-hydrogen) atoms. The molecule has 2 aromatic rings. The van der Waals surface area contributed by atoms with Gasteiger partial charge >= 0.3 is 6.03 Å². The summed E-state index contributed by atoms with van der Waals surface area (Å²) in [5, 5.41) is 11.9. The molecule has 1 aromatic heterocycles. The summed E-state index contributed by atoms with van der Waals surface area (Å²) in [6.07, 6.45) is 6.08. The fourth-order valence-electron chi connectivity index (χ4n) is 3.04. The number of nitrogens with one attached hydrogen (secondary N) is 4. The van der Waals surface area contributed by atoms with Gasteiger partial charge in [-0.05, 0) is 54.8 Å². The van der Waals surface area contributed by atoms with Crippen molar-refractivity contribution in [3.63, 3.8) is 0 Å². The van der Waals surface area contributed by atoms with Crippen molar-refractivity contribution in [1.29, 1.82) is 0 Å². The molecule has 0 aliphatic carbocycles. The minimum absolute atomic E-state index is 0. The van der Waals surface area contributed by atoms with Gasteiger partial charge in [0.15, 0.2) is 0 Å². The zero-order valence-electron chi connectivity index (χ0n) is 16.0. The highest BCUT2D eigenvalue weighted by Crippen LogP contribution is 2.12. The number of urea groups is 1. The molecule has 0 saturated carbocycles. The maximum atomic E-state index is 12.0. The van der Waals surface area contributed by atoms with Crippen LogP contribution in [0.4, 0.5) is 10.5 Å². The van der Waals surface area contributed by atoms with Crippen molar-refractivity contribution in [2.75, 3.05) is 11.9 Å². The van der Waals surface area contributed by atoms with Gasteiger partial charge in [-0.3, -0.25) is 9.78 Å². The summed E-state index contributed by atoms with van der Waals surface area (Å²) in [5.41, 5.74) is 2.61. The molecule has 1 aliphatic rings. The van der Waals surface area contributed by atoms with E-state index in [-0.39, 0.29) is 36.8 Å². The van der Waals surface area contributed by atoms with Crippen LogP contribution in [0.1, 0.15) is 30.4 Å². The van der Waals surface area contributed by atoms with Crippen LogP contribution in [0.5, 0.6) is 0 Å². The second-order valence-corrected chi connectivity index (χ2v) is 6.64. The first-order valence-corrected chi connectivity index (χ1v) is 9.22. The smallest absolute Gasteiger partial charge is 0.319 e. The van der Waals surface area contributed by atoms with Crippen LogP contribution in [-0.4, -0.2) is 29.5 Å². The number of hydrogen-bond acceptors (Lipinski definition) is 4. The number of carbonyl (C=O) groups is 2. The summed E-state index contributed by atoms with van der Waals surface area (Å²) in [7, 11) is 0. The van der Waals surface area contributed by atoms with E-state index in [1.807, 2.05) is 36.4 Å². The Kier molecular flexibility index (Phi) is 11.1. The molecule has 1 atom stereocenters. The topological polar surface area (TPSA) is 95.2 Å². The predicted octanol–water partition coefficient (Wildman–Crippen LogP) is 3.01. The molecule has 1 unspecified atom stereocenters. The lowest BCUT2D eigenvalue weighted by Gasteiger charge is -2.12. The van der Waals surface area contributed by atoms with Crippen LogP contribution in [0.3, 0.4) is 0 Å². The van der Waals surface area contributed by atoms with E-state index in [9.17, 15) is 9.59 Å². The van der Waals surface area contributed by atoms with Crippen LogP contribution in [0, 0.1) is 0 Å². The van der Waals surface area contributed by atoms with Crippen LogP contribution in [-0.2, 0) is 17.9 Å². The van der Waals surface area contributed by atoms with Crippen LogP contribution >= 0.6 is 24.8 Å². The number of benzene rings is 1. The first-order chi connectivity index (χ1) is 13.2. The molecule has 3 rings (SSSR count). The SMILES string of the molecule is Cl.Cl.O=C(CC1CCCN1)NCc1cccc(NC(=O)NCc2ccncc2)c1. The van der Waals surface area contributed by atoms with Crippen molar-refractivity contribution in [3.8, 4) is 0 Å². The van der Waals surface area contributed by atoms with Crippen molar-refractivity contribution < 1.29 is 9.59 Å². The number of rotatable bonds is 7. The Labute approximate surface area is 183 Å². The first-order valence-electron chi connectivity index (χ1n) is 9.22. The molecule has 158 valence electrons. The van der Waals surface area contributed by atoms with Gasteiger partial charge in [-0.15, -0.1) is 24.8 Å². The predicted molar refractivity (Wildman–Crippen MR) is 119 cm³/mol.